The molecule has 0 saturated carbocycles. The van der Waals surface area contributed by atoms with Crippen LogP contribution in [0.1, 0.15) is 5.56 Å². The Morgan fingerprint density at radius 3 is 2.57 bits per heavy atom. The van der Waals surface area contributed by atoms with Gasteiger partial charge in [-0.05, 0) is 40.8 Å². The number of hydrogen-bond acceptors (Lipinski definition) is 6. The number of hydrogen-bond donors (Lipinski definition) is 2. The van der Waals surface area contributed by atoms with Gasteiger partial charge in [0, 0.05) is 15.2 Å². The Labute approximate surface area is 145 Å². The quantitative estimate of drug-likeness (QED) is 0.315. The molecule has 0 bridgehead atoms. The first-order chi connectivity index (χ1) is 10.8. The molecule has 0 saturated heterocycles. The highest BCUT2D eigenvalue weighted by molar-refractivity contribution is 14.1. The predicted molar refractivity (Wildman–Crippen MR) is 94.8 cm³/mol. The first-order valence-electron chi connectivity index (χ1n) is 6.14. The van der Waals surface area contributed by atoms with Crippen molar-refractivity contribution in [2.45, 2.75) is 4.90 Å². The van der Waals surface area contributed by atoms with E-state index in [1.54, 1.807) is 0 Å². The fourth-order valence-corrected chi connectivity index (χ4v) is 2.75. The number of benzene rings is 2. The lowest BCUT2D eigenvalue weighted by atomic mass is 10.2. The monoisotopic (exact) mass is 446 g/mol. The fourth-order valence-electron chi connectivity index (χ4n) is 1.69. The Hall–Kier alpha value is -2.05. The second-order valence-corrected chi connectivity index (χ2v) is 7.10. The minimum Gasteiger partial charge on any atom is -0.272 e. The number of halogens is 1. The van der Waals surface area contributed by atoms with E-state index in [4.69, 9.17) is 5.14 Å². The molecule has 0 aliphatic carbocycles. The van der Waals surface area contributed by atoms with Crippen LogP contribution >= 0.6 is 22.6 Å². The summed E-state index contributed by atoms with van der Waals surface area (Å²) in [5, 5.41) is 20.0. The van der Waals surface area contributed by atoms with Crippen molar-refractivity contribution in [3.63, 3.8) is 0 Å². The van der Waals surface area contributed by atoms with Gasteiger partial charge in [0.25, 0.3) is 5.69 Å². The summed E-state index contributed by atoms with van der Waals surface area (Å²) in [4.78, 5) is 10.0. The fraction of sp³-hybridized carbons (Fsp3) is 0. The molecule has 3 N–H and O–H groups in total. The highest BCUT2D eigenvalue weighted by Crippen LogP contribution is 2.27. The summed E-state index contributed by atoms with van der Waals surface area (Å²) in [6, 6.07) is 10.8. The van der Waals surface area contributed by atoms with Crippen molar-refractivity contribution < 1.29 is 13.3 Å². The Morgan fingerprint density at radius 1 is 1.26 bits per heavy atom. The Bertz CT molecular complexity index is 883. The van der Waals surface area contributed by atoms with E-state index in [2.05, 4.69) is 33.1 Å². The molecule has 0 amide bonds. The number of rotatable bonds is 5. The Balaban J connectivity index is 2.30. The molecule has 23 heavy (non-hydrogen) atoms. The number of sulfonamides is 1. The minimum absolute atomic E-state index is 0.0598. The lowest BCUT2D eigenvalue weighted by Crippen LogP contribution is -2.12. The van der Waals surface area contributed by atoms with Gasteiger partial charge in [0.2, 0.25) is 10.0 Å². The van der Waals surface area contributed by atoms with Crippen LogP contribution in [0, 0.1) is 13.7 Å². The standard InChI is InChI=1S/C13H11IN4O4S/c14-11-4-2-1-3-9(11)8-16-17-12-6-5-10(23(15,21)22)7-13(12)18(19)20/h1-8,17H,(H2,15,21,22)/b16-8+. The molecule has 2 aromatic carbocycles. The molecular formula is C13H11IN4O4S. The lowest BCUT2D eigenvalue weighted by molar-refractivity contribution is -0.384. The molecule has 0 aliphatic rings. The first kappa shape index (κ1) is 17.3. The molecule has 2 aromatic rings. The van der Waals surface area contributed by atoms with Crippen LogP contribution in [0.2, 0.25) is 0 Å². The third-order valence-corrected chi connectivity index (χ3v) is 4.68. The van der Waals surface area contributed by atoms with Crippen LogP contribution in [0.4, 0.5) is 11.4 Å². The SMILES string of the molecule is NS(=O)(=O)c1ccc(N/N=C/c2ccccc2I)c([N+](=O)[O-])c1. The average molecular weight is 446 g/mol. The largest absolute Gasteiger partial charge is 0.295 e. The van der Waals surface area contributed by atoms with Crippen LogP contribution in [0.3, 0.4) is 0 Å². The molecule has 0 aliphatic heterocycles. The van der Waals surface area contributed by atoms with Gasteiger partial charge in [0.15, 0.2) is 0 Å². The average Bonchev–Trinajstić information content (AvgIpc) is 2.48. The molecule has 0 heterocycles. The number of anilines is 1. The molecule has 0 aromatic heterocycles. The maximum atomic E-state index is 11.3. The van der Waals surface area contributed by atoms with Crippen LogP contribution in [-0.2, 0) is 10.0 Å². The third-order valence-electron chi connectivity index (χ3n) is 2.79. The second kappa shape index (κ2) is 7.02. The van der Waals surface area contributed by atoms with Crippen molar-refractivity contribution in [3.05, 3.63) is 61.7 Å². The smallest absolute Gasteiger partial charge is 0.272 e. The van der Waals surface area contributed by atoms with E-state index in [9.17, 15) is 18.5 Å². The van der Waals surface area contributed by atoms with Gasteiger partial charge in [0.1, 0.15) is 5.69 Å². The van der Waals surface area contributed by atoms with E-state index in [0.717, 1.165) is 15.2 Å². The van der Waals surface area contributed by atoms with Gasteiger partial charge >= 0.3 is 0 Å². The zero-order valence-corrected chi connectivity index (χ0v) is 14.5. The molecule has 120 valence electrons. The molecule has 8 nitrogen and oxygen atoms in total. The number of hydrazone groups is 1. The molecule has 0 atom stereocenters. The summed E-state index contributed by atoms with van der Waals surface area (Å²) >= 11 is 2.14. The van der Waals surface area contributed by atoms with E-state index in [0.29, 0.717) is 0 Å². The number of nitrogens with two attached hydrogens (primary N) is 1. The van der Waals surface area contributed by atoms with Crippen molar-refractivity contribution in [2.24, 2.45) is 10.2 Å². The molecule has 2 rings (SSSR count). The maximum absolute atomic E-state index is 11.3. The molecule has 0 unspecified atom stereocenters. The summed E-state index contributed by atoms with van der Waals surface area (Å²) in [6.45, 7) is 0. The minimum atomic E-state index is -4.02. The van der Waals surface area contributed by atoms with Crippen molar-refractivity contribution >= 4 is 50.2 Å². The lowest BCUT2D eigenvalue weighted by Gasteiger charge is -2.04. The van der Waals surface area contributed by atoms with Crippen LogP contribution in [0.25, 0.3) is 0 Å². The molecule has 0 radical (unpaired) electrons. The van der Waals surface area contributed by atoms with Gasteiger partial charge in [-0.3, -0.25) is 15.5 Å². The van der Waals surface area contributed by atoms with Gasteiger partial charge in [-0.1, -0.05) is 18.2 Å². The zero-order chi connectivity index (χ0) is 17.0. The van der Waals surface area contributed by atoms with Crippen molar-refractivity contribution in [3.8, 4) is 0 Å². The summed E-state index contributed by atoms with van der Waals surface area (Å²) in [7, 11) is -4.02. The summed E-state index contributed by atoms with van der Waals surface area (Å²) in [5.41, 5.74) is 3.00. The number of primary sulfonamides is 1. The van der Waals surface area contributed by atoms with E-state index in [-0.39, 0.29) is 10.6 Å². The van der Waals surface area contributed by atoms with Gasteiger partial charge in [-0.2, -0.15) is 5.10 Å². The number of nitrogens with zero attached hydrogens (tertiary/aromatic N) is 2. The molecular weight excluding hydrogens is 435 g/mol. The summed E-state index contributed by atoms with van der Waals surface area (Å²) in [6.07, 6.45) is 1.51. The number of nitro benzene ring substituents is 1. The first-order valence-corrected chi connectivity index (χ1v) is 8.76. The second-order valence-electron chi connectivity index (χ2n) is 4.37. The van der Waals surface area contributed by atoms with Crippen molar-refractivity contribution in [1.82, 2.24) is 0 Å². The normalized spacial score (nSPS) is 11.6. The van der Waals surface area contributed by atoms with Gasteiger partial charge < -0.3 is 0 Å². The zero-order valence-electron chi connectivity index (χ0n) is 11.5. The maximum Gasteiger partial charge on any atom is 0.295 e. The van der Waals surface area contributed by atoms with E-state index >= 15 is 0 Å². The van der Waals surface area contributed by atoms with Gasteiger partial charge in [0.05, 0.1) is 16.0 Å². The van der Waals surface area contributed by atoms with Crippen LogP contribution < -0.4 is 10.6 Å². The number of nitrogens with one attached hydrogen (secondary N) is 1. The summed E-state index contributed by atoms with van der Waals surface area (Å²) < 4.78 is 23.5. The highest BCUT2D eigenvalue weighted by Gasteiger charge is 2.18. The van der Waals surface area contributed by atoms with E-state index in [1.807, 2.05) is 24.3 Å². The third kappa shape index (κ3) is 4.46. The van der Waals surface area contributed by atoms with Crippen LogP contribution in [0.5, 0.6) is 0 Å². The van der Waals surface area contributed by atoms with Crippen LogP contribution in [-0.4, -0.2) is 19.6 Å². The van der Waals surface area contributed by atoms with Gasteiger partial charge in [-0.15, -0.1) is 0 Å². The molecule has 0 fully saturated rings. The number of nitro groups is 1. The topological polar surface area (TPSA) is 128 Å². The molecule has 10 heteroatoms. The van der Waals surface area contributed by atoms with Gasteiger partial charge in [-0.25, -0.2) is 13.6 Å². The Kier molecular flexibility index (Phi) is 5.28. The van der Waals surface area contributed by atoms with Crippen molar-refractivity contribution in [2.75, 3.05) is 5.43 Å². The van der Waals surface area contributed by atoms with Crippen LogP contribution in [0.15, 0.2) is 52.5 Å². The predicted octanol–water partition coefficient (Wildman–Crippen LogP) is 2.29. The van der Waals surface area contributed by atoms with E-state index < -0.39 is 20.6 Å². The summed E-state index contributed by atoms with van der Waals surface area (Å²) in [5.74, 6) is 0. The van der Waals surface area contributed by atoms with Crippen molar-refractivity contribution in [1.29, 1.82) is 0 Å². The highest BCUT2D eigenvalue weighted by atomic mass is 127. The Morgan fingerprint density at radius 2 is 1.96 bits per heavy atom. The molecule has 0 spiro atoms. The van der Waals surface area contributed by atoms with E-state index in [1.165, 1.54) is 18.3 Å².